The molecule has 4 heterocycles. The summed E-state index contributed by atoms with van der Waals surface area (Å²) in [5.41, 5.74) is -0.384. The van der Waals surface area contributed by atoms with Crippen molar-refractivity contribution in [2.75, 3.05) is 31.6 Å². The van der Waals surface area contributed by atoms with Crippen molar-refractivity contribution in [3.05, 3.63) is 56.0 Å². The van der Waals surface area contributed by atoms with Crippen LogP contribution < -0.4 is 20.9 Å². The number of pyridine rings is 1. The van der Waals surface area contributed by atoms with Crippen LogP contribution in [0.2, 0.25) is 0 Å². The molecule has 11 heteroatoms. The molecule has 2 saturated heterocycles. The predicted octanol–water partition coefficient (Wildman–Crippen LogP) is 3.14. The number of hydrogen-bond donors (Lipinski definition) is 1. The molecule has 3 aromatic rings. The molecule has 0 amide bonds. The molecule has 196 valence electrons. The maximum atomic E-state index is 15.8. The summed E-state index contributed by atoms with van der Waals surface area (Å²) < 4.78 is 33.5. The Labute approximate surface area is 210 Å². The lowest BCUT2D eigenvalue weighted by Crippen LogP contribution is -2.44. The lowest BCUT2D eigenvalue weighted by Gasteiger charge is -2.36. The van der Waals surface area contributed by atoms with Crippen molar-refractivity contribution in [3.8, 4) is 5.75 Å². The third kappa shape index (κ3) is 3.92. The van der Waals surface area contributed by atoms with Gasteiger partial charge in [-0.3, -0.25) is 9.69 Å². The molecule has 10 nitrogen and oxygen atoms in total. The number of carbonyl (C=O) groups is 1. The summed E-state index contributed by atoms with van der Waals surface area (Å²) in [4.78, 5) is 40.5. The Hall–Kier alpha value is -3.60. The average Bonchev–Trinajstić information content (AvgIpc) is 3.52. The molecule has 1 saturated carbocycles. The largest absolute Gasteiger partial charge is 0.519 e. The van der Waals surface area contributed by atoms with Crippen LogP contribution in [-0.4, -0.2) is 53.3 Å². The van der Waals surface area contributed by atoms with Gasteiger partial charge in [0.1, 0.15) is 17.0 Å². The number of ether oxygens (including phenoxy) is 1. The minimum Gasteiger partial charge on any atom is -0.492 e. The van der Waals surface area contributed by atoms with Crippen molar-refractivity contribution in [1.29, 1.82) is 0 Å². The van der Waals surface area contributed by atoms with E-state index < -0.39 is 23.0 Å². The Balaban J connectivity index is 1.41. The molecule has 1 aromatic carbocycles. The van der Waals surface area contributed by atoms with E-state index in [0.717, 1.165) is 38.3 Å². The maximum absolute atomic E-state index is 15.8. The zero-order chi connectivity index (χ0) is 26.0. The number of piperidine rings is 1. The second kappa shape index (κ2) is 8.76. The highest BCUT2D eigenvalue weighted by molar-refractivity contribution is 5.97. The van der Waals surface area contributed by atoms with Crippen LogP contribution in [-0.2, 0) is 6.54 Å². The average molecular weight is 514 g/mol. The van der Waals surface area contributed by atoms with E-state index in [1.54, 1.807) is 11.5 Å². The molecule has 6 rings (SSSR count). The van der Waals surface area contributed by atoms with Crippen molar-refractivity contribution >= 4 is 22.6 Å². The van der Waals surface area contributed by atoms with Gasteiger partial charge >= 0.3 is 11.8 Å². The molecule has 2 atom stereocenters. The second-order valence-electron chi connectivity index (χ2n) is 10.2. The van der Waals surface area contributed by atoms with Gasteiger partial charge in [0.2, 0.25) is 5.43 Å². The van der Waals surface area contributed by atoms with Crippen LogP contribution in [0.1, 0.15) is 53.6 Å². The third-order valence-electron chi connectivity index (χ3n) is 7.97. The van der Waals surface area contributed by atoms with Crippen molar-refractivity contribution < 1.29 is 27.9 Å². The molecule has 2 aliphatic heterocycles. The lowest BCUT2D eigenvalue weighted by molar-refractivity contribution is 0.0694. The molecule has 2 unspecified atom stereocenters. The van der Waals surface area contributed by atoms with E-state index in [1.807, 2.05) is 4.90 Å². The monoisotopic (exact) mass is 513 g/mol. The van der Waals surface area contributed by atoms with Gasteiger partial charge in [-0.25, -0.2) is 14.0 Å². The Morgan fingerprint density at radius 3 is 2.65 bits per heavy atom. The number of aromatic carboxylic acids is 1. The fraction of sp³-hybridized carbons (Fsp3) is 0.500. The number of halogens is 1. The van der Waals surface area contributed by atoms with Gasteiger partial charge in [0, 0.05) is 31.4 Å². The topological polar surface area (TPSA) is 118 Å². The number of benzene rings is 1. The van der Waals surface area contributed by atoms with Crippen molar-refractivity contribution in [2.45, 2.75) is 51.2 Å². The zero-order valence-corrected chi connectivity index (χ0v) is 20.7. The number of methoxy groups -OCH3 is 1. The first kappa shape index (κ1) is 23.8. The van der Waals surface area contributed by atoms with Gasteiger partial charge in [-0.2, -0.15) is 0 Å². The van der Waals surface area contributed by atoms with Gasteiger partial charge in [0.15, 0.2) is 17.3 Å². The van der Waals surface area contributed by atoms with E-state index in [9.17, 15) is 19.5 Å². The number of aryl methyl sites for hydroxylation is 1. The van der Waals surface area contributed by atoms with E-state index in [-0.39, 0.29) is 40.4 Å². The molecule has 37 heavy (non-hydrogen) atoms. The highest BCUT2D eigenvalue weighted by Crippen LogP contribution is 2.45. The Bertz CT molecular complexity index is 1520. The maximum Gasteiger partial charge on any atom is 0.519 e. The number of carboxylic acids is 1. The van der Waals surface area contributed by atoms with Crippen LogP contribution in [0.15, 0.2) is 30.7 Å². The highest BCUT2D eigenvalue weighted by atomic mass is 19.1. The van der Waals surface area contributed by atoms with Gasteiger partial charge in [-0.05, 0) is 51.1 Å². The molecular weight excluding hydrogens is 485 g/mol. The standard InChI is InChI=1S/C26H28FN3O7/c1-13-20(37-26(34)36-13)12-28-7-3-4-14-9-29(11-19(14)28)22-18(27)8-16-21(24(22)35-2)30(15-5-6-15)10-17(23(16)31)25(32)33/h8,10,14-15,19H,3-7,9,11-12H2,1-2H3,(H,32,33). The summed E-state index contributed by atoms with van der Waals surface area (Å²) in [7, 11) is 1.45. The second-order valence-corrected chi connectivity index (χ2v) is 10.2. The van der Waals surface area contributed by atoms with Gasteiger partial charge in [0.25, 0.3) is 0 Å². The van der Waals surface area contributed by atoms with Gasteiger partial charge in [0.05, 0.1) is 24.6 Å². The summed E-state index contributed by atoms with van der Waals surface area (Å²) in [5.74, 6) is -1.19. The van der Waals surface area contributed by atoms with Gasteiger partial charge in [-0.15, -0.1) is 0 Å². The van der Waals surface area contributed by atoms with E-state index >= 15 is 4.39 Å². The molecule has 3 aliphatic rings. The first-order valence-electron chi connectivity index (χ1n) is 12.5. The van der Waals surface area contributed by atoms with Crippen molar-refractivity contribution in [3.63, 3.8) is 0 Å². The Kier molecular flexibility index (Phi) is 5.63. The van der Waals surface area contributed by atoms with Crippen LogP contribution in [0.4, 0.5) is 10.1 Å². The predicted molar refractivity (Wildman–Crippen MR) is 131 cm³/mol. The van der Waals surface area contributed by atoms with Gasteiger partial charge < -0.3 is 28.1 Å². The van der Waals surface area contributed by atoms with Crippen LogP contribution in [0.3, 0.4) is 0 Å². The number of aromatic nitrogens is 1. The van der Waals surface area contributed by atoms with E-state index in [1.165, 1.54) is 13.3 Å². The zero-order valence-electron chi connectivity index (χ0n) is 20.7. The Morgan fingerprint density at radius 2 is 2.00 bits per heavy atom. The molecule has 1 aliphatic carbocycles. The molecule has 3 fully saturated rings. The normalized spacial score (nSPS) is 22.0. The minimum atomic E-state index is -1.34. The third-order valence-corrected chi connectivity index (χ3v) is 7.97. The number of nitrogens with zero attached hydrogens (tertiary/aromatic N) is 3. The molecule has 0 radical (unpaired) electrons. The summed E-state index contributed by atoms with van der Waals surface area (Å²) in [6.07, 6.45) is 5.00. The highest BCUT2D eigenvalue weighted by Gasteiger charge is 2.42. The van der Waals surface area contributed by atoms with Crippen molar-refractivity contribution in [1.82, 2.24) is 9.47 Å². The van der Waals surface area contributed by atoms with Crippen molar-refractivity contribution in [2.24, 2.45) is 5.92 Å². The van der Waals surface area contributed by atoms with Crippen LogP contribution in [0.5, 0.6) is 5.75 Å². The molecule has 0 spiro atoms. The number of likely N-dealkylation sites (tertiary alicyclic amines) is 1. The summed E-state index contributed by atoms with van der Waals surface area (Å²) in [5, 5.41) is 9.57. The van der Waals surface area contributed by atoms with Crippen LogP contribution >= 0.6 is 0 Å². The summed E-state index contributed by atoms with van der Waals surface area (Å²) in [6, 6.07) is 1.30. The fourth-order valence-electron chi connectivity index (χ4n) is 6.08. The number of fused-ring (bicyclic) bond motifs is 2. The first-order chi connectivity index (χ1) is 17.8. The summed E-state index contributed by atoms with van der Waals surface area (Å²) >= 11 is 0. The van der Waals surface area contributed by atoms with E-state index in [0.29, 0.717) is 36.7 Å². The smallest absolute Gasteiger partial charge is 0.492 e. The lowest BCUT2D eigenvalue weighted by atomic mass is 9.92. The molecular formula is C26H28FN3O7. The summed E-state index contributed by atoms with van der Waals surface area (Å²) in [6.45, 7) is 4.09. The minimum absolute atomic E-state index is 0.00796. The Morgan fingerprint density at radius 1 is 1.22 bits per heavy atom. The SMILES string of the molecule is COc1c(N2CC3CCCN(Cc4oc(=O)oc4C)C3C2)c(F)cc2c(=O)c(C(=O)O)cn(C3CC3)c12. The number of rotatable bonds is 6. The van der Waals surface area contributed by atoms with Gasteiger partial charge in [-0.1, -0.05) is 0 Å². The van der Waals surface area contributed by atoms with Crippen LogP contribution in [0, 0.1) is 18.7 Å². The number of hydrogen-bond acceptors (Lipinski definition) is 8. The first-order valence-corrected chi connectivity index (χ1v) is 12.5. The quantitative estimate of drug-likeness (QED) is 0.530. The number of anilines is 1. The number of carboxylic acid groups (broad SMARTS) is 1. The van der Waals surface area contributed by atoms with E-state index in [4.69, 9.17) is 13.6 Å². The molecule has 2 aromatic heterocycles. The van der Waals surface area contributed by atoms with Crippen LogP contribution in [0.25, 0.3) is 10.9 Å². The molecule has 1 N–H and O–H groups in total. The van der Waals surface area contributed by atoms with E-state index in [2.05, 4.69) is 4.90 Å². The fourth-order valence-corrected chi connectivity index (χ4v) is 6.08. The molecule has 0 bridgehead atoms.